The maximum atomic E-state index is 13.1. The Labute approximate surface area is 162 Å². The van der Waals surface area contributed by atoms with Crippen LogP contribution in [0.25, 0.3) is 11.0 Å². The zero-order valence-electron chi connectivity index (χ0n) is 14.2. The number of hydrogen-bond acceptors (Lipinski definition) is 2. The molecule has 2 aromatic carbocycles. The van der Waals surface area contributed by atoms with Crippen molar-refractivity contribution in [3.8, 4) is 0 Å². The molecule has 1 N–H and O–H groups in total. The number of carbonyl (C=O) groups is 1. The fraction of sp³-hybridized carbons (Fsp3) is 0.222. The van der Waals surface area contributed by atoms with Crippen molar-refractivity contribution in [3.63, 3.8) is 0 Å². The first-order valence-corrected chi connectivity index (χ1v) is 8.50. The first kappa shape index (κ1) is 19.5. The number of imidazole rings is 1. The molecule has 0 aliphatic carbocycles. The van der Waals surface area contributed by atoms with Crippen LogP contribution in [-0.2, 0) is 19.6 Å². The van der Waals surface area contributed by atoms with E-state index >= 15 is 0 Å². The second kappa shape index (κ2) is 6.73. The van der Waals surface area contributed by atoms with Crippen molar-refractivity contribution >= 4 is 40.2 Å². The lowest BCUT2D eigenvalue weighted by molar-refractivity contribution is -0.137. The van der Waals surface area contributed by atoms with Gasteiger partial charge >= 0.3 is 12.1 Å². The summed E-state index contributed by atoms with van der Waals surface area (Å²) in [6.07, 6.45) is -4.40. The number of rotatable bonds is 3. The van der Waals surface area contributed by atoms with Crippen LogP contribution in [0.3, 0.4) is 0 Å². The maximum absolute atomic E-state index is 13.1. The fourth-order valence-electron chi connectivity index (χ4n) is 2.99. The van der Waals surface area contributed by atoms with Gasteiger partial charge in [-0.3, -0.25) is 0 Å². The summed E-state index contributed by atoms with van der Waals surface area (Å²) >= 11 is 12.3. The van der Waals surface area contributed by atoms with E-state index in [-0.39, 0.29) is 33.1 Å². The molecule has 0 saturated carbocycles. The van der Waals surface area contributed by atoms with Gasteiger partial charge in [0.25, 0.3) is 0 Å². The number of alkyl halides is 3. The zero-order chi connectivity index (χ0) is 20.1. The SMILES string of the molecule is Cc1c(C(F)(F)F)ccc2c1nc(Cc1c(Cl)ccc(C(=O)O)c1Cl)n2C. The number of fused-ring (bicyclic) bond motifs is 1. The lowest BCUT2D eigenvalue weighted by atomic mass is 10.1. The van der Waals surface area contributed by atoms with Gasteiger partial charge in [0.05, 0.1) is 27.2 Å². The molecule has 0 saturated heterocycles. The standard InChI is InChI=1S/C18H13Cl2F3N2O2/c1-8-11(18(21,22)23)4-6-13-16(8)24-14(25(13)2)7-10-12(19)5-3-9(15(10)20)17(26)27/h3-6H,7H2,1-2H3,(H,26,27). The molecular weight excluding hydrogens is 404 g/mol. The number of halogens is 5. The second-order valence-corrected chi connectivity index (χ2v) is 6.85. The summed E-state index contributed by atoms with van der Waals surface area (Å²) in [7, 11) is 1.67. The molecule has 0 aliphatic heterocycles. The molecule has 3 rings (SSSR count). The first-order valence-electron chi connectivity index (χ1n) is 7.74. The molecule has 0 atom stereocenters. The summed E-state index contributed by atoms with van der Waals surface area (Å²) in [5.74, 6) is -0.785. The van der Waals surface area contributed by atoms with Crippen LogP contribution in [0.2, 0.25) is 10.0 Å². The van der Waals surface area contributed by atoms with Gasteiger partial charge < -0.3 is 9.67 Å². The third-order valence-electron chi connectivity index (χ3n) is 4.46. The Balaban J connectivity index is 2.15. The Morgan fingerprint density at radius 1 is 1.22 bits per heavy atom. The molecule has 0 bridgehead atoms. The van der Waals surface area contributed by atoms with Gasteiger partial charge in [-0.25, -0.2) is 9.78 Å². The number of carboxylic acids is 1. The number of aromatic carboxylic acids is 1. The van der Waals surface area contributed by atoms with E-state index in [1.54, 1.807) is 11.6 Å². The van der Waals surface area contributed by atoms with E-state index in [2.05, 4.69) is 4.98 Å². The van der Waals surface area contributed by atoms with Crippen LogP contribution in [0.1, 0.15) is 32.9 Å². The molecule has 27 heavy (non-hydrogen) atoms. The van der Waals surface area contributed by atoms with Crippen LogP contribution >= 0.6 is 23.2 Å². The van der Waals surface area contributed by atoms with Gasteiger partial charge in [0.15, 0.2) is 0 Å². The molecule has 0 unspecified atom stereocenters. The Kier molecular flexibility index (Phi) is 4.86. The van der Waals surface area contributed by atoms with Crippen LogP contribution in [0, 0.1) is 6.92 Å². The average molecular weight is 417 g/mol. The van der Waals surface area contributed by atoms with Gasteiger partial charge in [0, 0.05) is 18.5 Å². The normalized spacial score (nSPS) is 12.0. The van der Waals surface area contributed by atoms with E-state index in [1.807, 2.05) is 0 Å². The highest BCUT2D eigenvalue weighted by Crippen LogP contribution is 2.36. The summed E-state index contributed by atoms with van der Waals surface area (Å²) in [5, 5.41) is 9.44. The van der Waals surface area contributed by atoms with E-state index in [0.29, 0.717) is 16.9 Å². The average Bonchev–Trinajstić information content (AvgIpc) is 2.87. The molecule has 0 aliphatic rings. The van der Waals surface area contributed by atoms with Crippen molar-refractivity contribution in [1.82, 2.24) is 9.55 Å². The summed E-state index contributed by atoms with van der Waals surface area (Å²) in [4.78, 5) is 15.6. The Bertz CT molecular complexity index is 1070. The van der Waals surface area contributed by atoms with Crippen LogP contribution in [-0.4, -0.2) is 20.6 Å². The second-order valence-electron chi connectivity index (χ2n) is 6.06. The minimum atomic E-state index is -4.47. The highest BCUT2D eigenvalue weighted by atomic mass is 35.5. The quantitative estimate of drug-likeness (QED) is 0.613. The number of aryl methyl sites for hydroxylation is 2. The molecule has 3 aromatic rings. The van der Waals surface area contributed by atoms with Gasteiger partial charge in [-0.2, -0.15) is 13.2 Å². The van der Waals surface area contributed by atoms with Crippen LogP contribution in [0.5, 0.6) is 0 Å². The summed E-state index contributed by atoms with van der Waals surface area (Å²) in [6.45, 7) is 1.37. The molecule has 0 radical (unpaired) electrons. The van der Waals surface area contributed by atoms with E-state index in [4.69, 9.17) is 23.2 Å². The molecule has 0 amide bonds. The lowest BCUT2D eigenvalue weighted by Crippen LogP contribution is -2.07. The number of nitrogens with zero attached hydrogens (tertiary/aromatic N) is 2. The number of hydrogen-bond donors (Lipinski definition) is 1. The van der Waals surface area contributed by atoms with Gasteiger partial charge in [-0.05, 0) is 42.3 Å². The highest BCUT2D eigenvalue weighted by molar-refractivity contribution is 6.37. The maximum Gasteiger partial charge on any atom is 0.416 e. The third kappa shape index (κ3) is 3.37. The number of carboxylic acid groups (broad SMARTS) is 1. The zero-order valence-corrected chi connectivity index (χ0v) is 15.7. The molecule has 0 spiro atoms. The van der Waals surface area contributed by atoms with Crippen molar-refractivity contribution < 1.29 is 23.1 Å². The molecule has 9 heteroatoms. The smallest absolute Gasteiger partial charge is 0.416 e. The van der Waals surface area contributed by atoms with Gasteiger partial charge in [-0.1, -0.05) is 23.2 Å². The van der Waals surface area contributed by atoms with Crippen molar-refractivity contribution in [1.29, 1.82) is 0 Å². The largest absolute Gasteiger partial charge is 0.478 e. The summed E-state index contributed by atoms with van der Waals surface area (Å²) < 4.78 is 41.0. The fourth-order valence-corrected chi connectivity index (χ4v) is 3.57. The lowest BCUT2D eigenvalue weighted by Gasteiger charge is -2.10. The molecule has 1 heterocycles. The molecular formula is C18H13Cl2F3N2O2. The minimum Gasteiger partial charge on any atom is -0.478 e. The predicted molar refractivity (Wildman–Crippen MR) is 96.7 cm³/mol. The Morgan fingerprint density at radius 2 is 1.89 bits per heavy atom. The summed E-state index contributed by atoms with van der Waals surface area (Å²) in [5.41, 5.74) is 0.277. The van der Waals surface area contributed by atoms with Crippen molar-refractivity contribution in [2.24, 2.45) is 7.05 Å². The van der Waals surface area contributed by atoms with Crippen LogP contribution in [0.15, 0.2) is 24.3 Å². The Morgan fingerprint density at radius 3 is 2.48 bits per heavy atom. The predicted octanol–water partition coefficient (Wildman–Crippen LogP) is 5.50. The molecule has 4 nitrogen and oxygen atoms in total. The van der Waals surface area contributed by atoms with Crippen LogP contribution < -0.4 is 0 Å². The van der Waals surface area contributed by atoms with E-state index in [0.717, 1.165) is 6.07 Å². The van der Waals surface area contributed by atoms with Crippen molar-refractivity contribution in [2.75, 3.05) is 0 Å². The van der Waals surface area contributed by atoms with Gasteiger partial charge in [0.2, 0.25) is 0 Å². The van der Waals surface area contributed by atoms with E-state index < -0.39 is 17.7 Å². The minimum absolute atomic E-state index is 0.0187. The molecule has 142 valence electrons. The van der Waals surface area contributed by atoms with E-state index in [1.165, 1.54) is 25.1 Å². The number of benzene rings is 2. The van der Waals surface area contributed by atoms with Crippen LogP contribution in [0.4, 0.5) is 13.2 Å². The number of aromatic nitrogens is 2. The monoisotopic (exact) mass is 416 g/mol. The molecule has 1 aromatic heterocycles. The molecule has 0 fully saturated rings. The highest BCUT2D eigenvalue weighted by Gasteiger charge is 2.33. The van der Waals surface area contributed by atoms with Crippen molar-refractivity contribution in [3.05, 3.63) is 62.4 Å². The van der Waals surface area contributed by atoms with Crippen molar-refractivity contribution in [2.45, 2.75) is 19.5 Å². The summed E-state index contributed by atoms with van der Waals surface area (Å²) in [6, 6.07) is 5.10. The topological polar surface area (TPSA) is 55.1 Å². The first-order chi connectivity index (χ1) is 12.5. The van der Waals surface area contributed by atoms with E-state index in [9.17, 15) is 23.1 Å². The van der Waals surface area contributed by atoms with Gasteiger partial charge in [-0.15, -0.1) is 0 Å². The van der Waals surface area contributed by atoms with Gasteiger partial charge in [0.1, 0.15) is 5.82 Å². The Hall–Kier alpha value is -2.25. The third-order valence-corrected chi connectivity index (χ3v) is 5.24.